The molecule has 1 atom stereocenters. The molecular formula is C13H13InO4. The van der Waals surface area contributed by atoms with Gasteiger partial charge in [-0.05, 0) is 0 Å². The summed E-state index contributed by atoms with van der Waals surface area (Å²) >= 11 is -2.48. The Bertz CT molecular complexity index is 498. The standard InChI is InChI=1S/C12H12O3.CHO.In/c1-3-15-12(14)11(13)9(2)10-7-5-4-6-8-10;1-2;/h4-7,9H,2-3H2,1H3;1H;. The summed E-state index contributed by atoms with van der Waals surface area (Å²) in [6.45, 7) is 1.86. The Morgan fingerprint density at radius 1 is 1.44 bits per heavy atom. The van der Waals surface area contributed by atoms with E-state index in [2.05, 4.69) is 0 Å². The van der Waals surface area contributed by atoms with Gasteiger partial charge in [-0.1, -0.05) is 0 Å². The Kier molecular flexibility index (Phi) is 4.22. The van der Waals surface area contributed by atoms with Gasteiger partial charge in [-0.3, -0.25) is 0 Å². The Morgan fingerprint density at radius 2 is 2.17 bits per heavy atom. The molecule has 1 aliphatic rings. The number of carbonyl (C=O) groups excluding carboxylic acids is 3. The third kappa shape index (κ3) is 2.36. The van der Waals surface area contributed by atoms with Gasteiger partial charge in [0.25, 0.3) is 0 Å². The molecule has 0 aliphatic carbocycles. The molecule has 92 valence electrons. The Balaban J connectivity index is 2.29. The zero-order valence-electron chi connectivity index (χ0n) is 10.1. The van der Waals surface area contributed by atoms with Crippen molar-refractivity contribution >= 4 is 40.6 Å². The number of Topliss-reactive ketones (excluding diaryl/α,β-unsaturated/α-hetero) is 1. The summed E-state index contributed by atoms with van der Waals surface area (Å²) in [4.78, 5) is 34.6. The molecule has 1 aliphatic heterocycles. The second kappa shape index (κ2) is 5.69. The number of hydrogen-bond acceptors (Lipinski definition) is 4. The molecule has 0 N–H and O–H groups in total. The molecule has 1 unspecified atom stereocenters. The molecule has 2 rings (SSSR count). The number of esters is 1. The van der Waals surface area contributed by atoms with Crippen molar-refractivity contribution in [2.75, 3.05) is 6.61 Å². The average Bonchev–Trinajstić information content (AvgIpc) is 2.77. The van der Waals surface area contributed by atoms with E-state index in [0.29, 0.717) is 4.18 Å². The Hall–Kier alpha value is -1.10. The van der Waals surface area contributed by atoms with Crippen LogP contribution in [0.3, 0.4) is 0 Å². The van der Waals surface area contributed by atoms with Crippen LogP contribution in [-0.2, 0) is 19.1 Å². The van der Waals surface area contributed by atoms with Crippen molar-refractivity contribution in [3.63, 3.8) is 0 Å². The van der Waals surface area contributed by atoms with Crippen molar-refractivity contribution in [3.05, 3.63) is 29.8 Å². The van der Waals surface area contributed by atoms with E-state index in [1.54, 1.807) is 6.92 Å². The Labute approximate surface area is 113 Å². The van der Waals surface area contributed by atoms with Gasteiger partial charge in [-0.25, -0.2) is 0 Å². The molecule has 18 heavy (non-hydrogen) atoms. The second-order valence-electron chi connectivity index (χ2n) is 4.24. The summed E-state index contributed by atoms with van der Waals surface area (Å²) in [7, 11) is 0. The van der Waals surface area contributed by atoms with Crippen LogP contribution in [0, 0.1) is 0 Å². The number of fused-ring (bicyclic) bond motifs is 1. The molecule has 0 radical (unpaired) electrons. The predicted octanol–water partition coefficient (Wildman–Crippen LogP) is 0.390. The zero-order valence-corrected chi connectivity index (χ0v) is 13.4. The van der Waals surface area contributed by atoms with E-state index in [4.69, 9.17) is 4.74 Å². The quantitative estimate of drug-likeness (QED) is 0.449. The maximum atomic E-state index is 12.0. The third-order valence-corrected chi connectivity index (χ3v) is 10.7. The summed E-state index contributed by atoms with van der Waals surface area (Å²) in [5, 5.41) is 0. The summed E-state index contributed by atoms with van der Waals surface area (Å²) < 4.78 is 7.41. The van der Waals surface area contributed by atoms with Crippen molar-refractivity contribution in [3.8, 4) is 0 Å². The van der Waals surface area contributed by atoms with Gasteiger partial charge < -0.3 is 0 Å². The van der Waals surface area contributed by atoms with Gasteiger partial charge in [0.05, 0.1) is 0 Å². The van der Waals surface area contributed by atoms with E-state index in [-0.39, 0.29) is 6.61 Å². The average molecular weight is 348 g/mol. The number of ether oxygens (including phenoxy) is 1. The summed E-state index contributed by atoms with van der Waals surface area (Å²) in [5.74, 6) is -1.74. The van der Waals surface area contributed by atoms with E-state index in [0.717, 1.165) is 12.9 Å². The van der Waals surface area contributed by atoms with E-state index in [1.807, 2.05) is 24.3 Å². The maximum absolute atomic E-state index is 12.0. The fourth-order valence-electron chi connectivity index (χ4n) is 2.40. The van der Waals surface area contributed by atoms with Crippen molar-refractivity contribution < 1.29 is 19.1 Å². The number of carbonyl (C=O) groups is 3. The van der Waals surface area contributed by atoms with Crippen molar-refractivity contribution in [1.29, 1.82) is 0 Å². The van der Waals surface area contributed by atoms with Crippen molar-refractivity contribution in [2.45, 2.75) is 17.0 Å². The topological polar surface area (TPSA) is 60.4 Å². The SMILES string of the molecule is CCOC(=O)C(=O)C1[CH2][In]([CH]=O)[c]2ccccc21. The minimum atomic E-state index is -2.48. The second-order valence-corrected chi connectivity index (χ2v) is 11.6. The molecule has 0 bridgehead atoms. The molecule has 5 heteroatoms. The van der Waals surface area contributed by atoms with Crippen molar-refractivity contribution in [1.82, 2.24) is 0 Å². The Morgan fingerprint density at radius 3 is 2.83 bits per heavy atom. The molecule has 1 aromatic carbocycles. The molecule has 0 saturated heterocycles. The van der Waals surface area contributed by atoms with Gasteiger partial charge in [-0.2, -0.15) is 0 Å². The van der Waals surface area contributed by atoms with Crippen molar-refractivity contribution in [2.24, 2.45) is 0 Å². The zero-order chi connectivity index (χ0) is 13.1. The minimum absolute atomic E-state index is 0.194. The number of benzene rings is 1. The van der Waals surface area contributed by atoms with Crippen LogP contribution in [0.2, 0.25) is 4.18 Å². The van der Waals surface area contributed by atoms with Crippen LogP contribution in [0.5, 0.6) is 0 Å². The van der Waals surface area contributed by atoms with Gasteiger partial charge in [-0.15, -0.1) is 0 Å². The molecule has 0 saturated carbocycles. The first-order valence-electron chi connectivity index (χ1n) is 5.94. The molecule has 1 heterocycles. The van der Waals surface area contributed by atoms with Crippen LogP contribution in [-0.4, -0.2) is 43.8 Å². The van der Waals surface area contributed by atoms with Crippen LogP contribution in [0.4, 0.5) is 0 Å². The van der Waals surface area contributed by atoms with Gasteiger partial charge >= 0.3 is 113 Å². The fourth-order valence-corrected chi connectivity index (χ4v) is 9.73. The van der Waals surface area contributed by atoms with Crippen LogP contribution in [0.1, 0.15) is 18.4 Å². The van der Waals surface area contributed by atoms with Crippen LogP contribution >= 0.6 is 0 Å². The van der Waals surface area contributed by atoms with E-state index >= 15 is 0 Å². The monoisotopic (exact) mass is 348 g/mol. The van der Waals surface area contributed by atoms with Gasteiger partial charge in [0.2, 0.25) is 0 Å². The van der Waals surface area contributed by atoms with E-state index in [9.17, 15) is 14.4 Å². The van der Waals surface area contributed by atoms with Crippen LogP contribution in [0.25, 0.3) is 0 Å². The molecule has 4 nitrogen and oxygen atoms in total. The molecule has 0 fully saturated rings. The van der Waals surface area contributed by atoms with Gasteiger partial charge in [0.15, 0.2) is 0 Å². The first-order valence-corrected chi connectivity index (χ1v) is 11.8. The van der Waals surface area contributed by atoms with E-state index < -0.39 is 39.1 Å². The summed E-state index contributed by atoms with van der Waals surface area (Å²) in [6, 6.07) is 7.48. The first-order chi connectivity index (χ1) is 8.69. The summed E-state index contributed by atoms with van der Waals surface area (Å²) in [6.07, 6.45) is 0. The van der Waals surface area contributed by atoms with Crippen LogP contribution in [0.15, 0.2) is 24.3 Å². The number of rotatable bonds is 4. The number of ketones is 1. The molecule has 1 aromatic rings. The number of hydrogen-bond donors (Lipinski definition) is 0. The summed E-state index contributed by atoms with van der Waals surface area (Å²) in [5.41, 5.74) is 0.864. The van der Waals surface area contributed by atoms with Gasteiger partial charge in [0, 0.05) is 0 Å². The van der Waals surface area contributed by atoms with E-state index in [1.165, 1.54) is 0 Å². The predicted molar refractivity (Wildman–Crippen MR) is 67.8 cm³/mol. The first kappa shape index (κ1) is 13.3. The molecule has 0 aromatic heterocycles. The molecular weight excluding hydrogens is 335 g/mol. The normalized spacial score (nSPS) is 17.2. The third-order valence-electron chi connectivity index (χ3n) is 3.22. The fraction of sp³-hybridized carbons (Fsp3) is 0.308. The molecule has 0 amide bonds. The van der Waals surface area contributed by atoms with Gasteiger partial charge in [0.1, 0.15) is 0 Å². The van der Waals surface area contributed by atoms with Crippen LogP contribution < -0.4 is 3.32 Å². The molecule has 0 spiro atoms.